The average molecular weight is 324 g/mol. The minimum Gasteiger partial charge on any atom is -0.422 e. The molecule has 9 heteroatoms. The molecular formula is C12H21O8P. The zero-order valence-corrected chi connectivity index (χ0v) is 13.3. The Bertz CT molecular complexity index is 419. The normalized spacial score (nSPS) is 14.7. The fraction of sp³-hybridized carbons (Fsp3) is 0.667. The van der Waals surface area contributed by atoms with Crippen LogP contribution in [0.2, 0.25) is 0 Å². The Labute approximate surface area is 123 Å². The Balaban J connectivity index is 4.14. The Kier molecular flexibility index (Phi) is 8.92. The molecular weight excluding hydrogens is 303 g/mol. The smallest absolute Gasteiger partial charge is 0.422 e. The summed E-state index contributed by atoms with van der Waals surface area (Å²) in [5.41, 5.74) is 0.117. The van der Waals surface area contributed by atoms with Gasteiger partial charge in [-0.25, -0.2) is 14.2 Å². The topological polar surface area (TPSA) is 108 Å². The number of carbonyl (C=O) groups excluding carboxylic acids is 2. The Morgan fingerprint density at radius 1 is 1.29 bits per heavy atom. The maximum absolute atomic E-state index is 11.4. The first kappa shape index (κ1) is 19.6. The summed E-state index contributed by atoms with van der Waals surface area (Å²) in [6.45, 7) is 7.94. The van der Waals surface area contributed by atoms with Crippen LogP contribution in [-0.4, -0.2) is 29.9 Å². The summed E-state index contributed by atoms with van der Waals surface area (Å²) >= 11 is 0. The van der Waals surface area contributed by atoms with Crippen LogP contribution in [0.3, 0.4) is 0 Å². The van der Waals surface area contributed by atoms with Crippen LogP contribution in [0.5, 0.6) is 0 Å². The monoisotopic (exact) mass is 324 g/mol. The molecule has 0 aliphatic rings. The molecule has 0 saturated heterocycles. The molecule has 0 aliphatic heterocycles. The first-order valence-electron chi connectivity index (χ1n) is 6.42. The lowest BCUT2D eigenvalue weighted by molar-refractivity contribution is -0.161. The van der Waals surface area contributed by atoms with Gasteiger partial charge in [-0.1, -0.05) is 26.3 Å². The summed E-state index contributed by atoms with van der Waals surface area (Å²) in [6, 6.07) is 0. The molecule has 0 fully saturated rings. The quantitative estimate of drug-likeness (QED) is 0.227. The molecule has 0 saturated carbocycles. The van der Waals surface area contributed by atoms with Gasteiger partial charge in [-0.05, 0) is 13.3 Å². The van der Waals surface area contributed by atoms with E-state index in [0.717, 1.165) is 12.8 Å². The SMILES string of the molecule is C=C(C)C(=O)OC(C)OC(=O)OP(=O)(O)OCCCCC. The summed E-state index contributed by atoms with van der Waals surface area (Å²) in [5.74, 6) is -0.765. The standard InChI is InChI=1S/C12H21O8P/c1-5-6-7-8-17-21(15,16)20-12(14)19-10(4)18-11(13)9(2)3/h10H,2,5-8H2,1,3-4H3,(H,15,16). The zero-order valence-electron chi connectivity index (χ0n) is 12.4. The Morgan fingerprint density at radius 3 is 2.43 bits per heavy atom. The fourth-order valence-corrected chi connectivity index (χ4v) is 1.73. The van der Waals surface area contributed by atoms with E-state index in [0.29, 0.717) is 6.42 Å². The van der Waals surface area contributed by atoms with Crippen molar-refractivity contribution >= 4 is 19.9 Å². The van der Waals surface area contributed by atoms with Crippen molar-refractivity contribution in [2.24, 2.45) is 0 Å². The molecule has 0 rings (SSSR count). The van der Waals surface area contributed by atoms with E-state index in [-0.39, 0.29) is 12.2 Å². The van der Waals surface area contributed by atoms with Crippen LogP contribution in [-0.2, 0) is 27.9 Å². The van der Waals surface area contributed by atoms with E-state index in [1.165, 1.54) is 13.8 Å². The molecule has 1 N–H and O–H groups in total. The van der Waals surface area contributed by atoms with Crippen LogP contribution < -0.4 is 0 Å². The van der Waals surface area contributed by atoms with Crippen molar-refractivity contribution in [3.63, 3.8) is 0 Å². The van der Waals surface area contributed by atoms with Gasteiger partial charge in [0.1, 0.15) is 0 Å². The third-order valence-corrected chi connectivity index (χ3v) is 2.96. The van der Waals surface area contributed by atoms with Crippen LogP contribution >= 0.6 is 7.82 Å². The van der Waals surface area contributed by atoms with Crippen molar-refractivity contribution in [3.8, 4) is 0 Å². The van der Waals surface area contributed by atoms with Crippen LogP contribution in [0.1, 0.15) is 40.0 Å². The van der Waals surface area contributed by atoms with E-state index in [1.807, 2.05) is 6.92 Å². The van der Waals surface area contributed by atoms with Gasteiger partial charge in [0, 0.05) is 12.5 Å². The van der Waals surface area contributed by atoms with Crippen molar-refractivity contribution in [1.82, 2.24) is 0 Å². The van der Waals surface area contributed by atoms with Gasteiger partial charge < -0.3 is 14.0 Å². The van der Waals surface area contributed by atoms with Crippen LogP contribution in [0.4, 0.5) is 4.79 Å². The summed E-state index contributed by atoms with van der Waals surface area (Å²) < 4.78 is 29.2. The summed E-state index contributed by atoms with van der Waals surface area (Å²) in [4.78, 5) is 31.6. The summed E-state index contributed by atoms with van der Waals surface area (Å²) in [5, 5.41) is 0. The lowest BCUT2D eigenvalue weighted by atomic mass is 10.3. The van der Waals surface area contributed by atoms with Gasteiger partial charge >= 0.3 is 19.9 Å². The van der Waals surface area contributed by atoms with Crippen molar-refractivity contribution in [1.29, 1.82) is 0 Å². The van der Waals surface area contributed by atoms with Gasteiger partial charge in [0.25, 0.3) is 0 Å². The number of esters is 1. The minimum absolute atomic E-state index is 0.0188. The first-order chi connectivity index (χ1) is 9.68. The van der Waals surface area contributed by atoms with Gasteiger partial charge in [0.05, 0.1) is 6.61 Å². The van der Waals surface area contributed by atoms with E-state index in [9.17, 15) is 19.0 Å². The molecule has 0 radical (unpaired) electrons. The number of unbranched alkanes of at least 4 members (excludes halogenated alkanes) is 2. The number of rotatable bonds is 9. The second-order valence-electron chi connectivity index (χ2n) is 4.22. The highest BCUT2D eigenvalue weighted by molar-refractivity contribution is 7.48. The molecule has 0 spiro atoms. The van der Waals surface area contributed by atoms with Crippen molar-refractivity contribution < 1.29 is 37.6 Å². The van der Waals surface area contributed by atoms with E-state index in [4.69, 9.17) is 0 Å². The first-order valence-corrected chi connectivity index (χ1v) is 7.91. The largest absolute Gasteiger partial charge is 0.531 e. The van der Waals surface area contributed by atoms with Gasteiger partial charge in [-0.15, -0.1) is 0 Å². The van der Waals surface area contributed by atoms with Gasteiger partial charge in [-0.3, -0.25) is 9.42 Å². The van der Waals surface area contributed by atoms with Gasteiger partial charge in [0.2, 0.25) is 6.29 Å². The Morgan fingerprint density at radius 2 is 1.90 bits per heavy atom. The van der Waals surface area contributed by atoms with E-state index < -0.39 is 26.2 Å². The highest BCUT2D eigenvalue weighted by Gasteiger charge is 2.28. The molecule has 0 bridgehead atoms. The highest BCUT2D eigenvalue weighted by Crippen LogP contribution is 2.43. The third-order valence-electron chi connectivity index (χ3n) is 2.08. The molecule has 0 amide bonds. The molecule has 21 heavy (non-hydrogen) atoms. The van der Waals surface area contributed by atoms with Crippen LogP contribution in [0.25, 0.3) is 0 Å². The van der Waals surface area contributed by atoms with E-state index >= 15 is 0 Å². The van der Waals surface area contributed by atoms with Crippen LogP contribution in [0.15, 0.2) is 12.2 Å². The molecule has 0 aromatic heterocycles. The molecule has 2 atom stereocenters. The second-order valence-corrected chi connectivity index (χ2v) is 5.60. The Hall–Kier alpha value is -1.37. The minimum atomic E-state index is -4.53. The van der Waals surface area contributed by atoms with Crippen molar-refractivity contribution in [3.05, 3.63) is 12.2 Å². The summed E-state index contributed by atoms with van der Waals surface area (Å²) in [6.07, 6.45) is -0.474. The number of hydrogen-bond acceptors (Lipinski definition) is 7. The van der Waals surface area contributed by atoms with Gasteiger partial charge in [0.15, 0.2) is 0 Å². The zero-order chi connectivity index (χ0) is 16.5. The molecule has 122 valence electrons. The lowest BCUT2D eigenvalue weighted by Gasteiger charge is -2.15. The molecule has 2 unspecified atom stereocenters. The molecule has 8 nitrogen and oxygen atoms in total. The maximum atomic E-state index is 11.4. The molecule has 0 aliphatic carbocycles. The predicted molar refractivity (Wildman–Crippen MR) is 73.2 cm³/mol. The predicted octanol–water partition coefficient (Wildman–Crippen LogP) is 2.91. The number of ether oxygens (including phenoxy) is 2. The number of carbonyl (C=O) groups is 2. The highest BCUT2D eigenvalue weighted by atomic mass is 31.2. The molecule has 0 aromatic rings. The molecule has 0 aromatic carbocycles. The maximum Gasteiger partial charge on any atom is 0.531 e. The average Bonchev–Trinajstić information content (AvgIpc) is 2.33. The van der Waals surface area contributed by atoms with Crippen molar-refractivity contribution in [2.45, 2.75) is 46.3 Å². The van der Waals surface area contributed by atoms with Gasteiger partial charge in [-0.2, -0.15) is 0 Å². The number of phosphoric acid groups is 1. The summed E-state index contributed by atoms with van der Waals surface area (Å²) in [7, 11) is -4.53. The third kappa shape index (κ3) is 10.1. The number of hydrogen-bond donors (Lipinski definition) is 1. The lowest BCUT2D eigenvalue weighted by Crippen LogP contribution is -2.22. The van der Waals surface area contributed by atoms with Crippen molar-refractivity contribution in [2.75, 3.05) is 6.61 Å². The second kappa shape index (κ2) is 9.55. The van der Waals surface area contributed by atoms with E-state index in [1.54, 1.807) is 0 Å². The van der Waals surface area contributed by atoms with Crippen LogP contribution in [0, 0.1) is 0 Å². The fourth-order valence-electron chi connectivity index (χ4n) is 1.08. The van der Waals surface area contributed by atoms with E-state index in [2.05, 4.69) is 25.1 Å². The number of phosphoric ester groups is 1. The molecule has 0 heterocycles.